The molecular formula is C11H23ClO3S. The van der Waals surface area contributed by atoms with E-state index in [9.17, 15) is 8.42 Å². The Labute approximate surface area is 104 Å². The third-order valence-electron chi connectivity index (χ3n) is 2.21. The number of ether oxygens (including phenoxy) is 1. The van der Waals surface area contributed by atoms with Gasteiger partial charge in [0.2, 0.25) is 9.05 Å². The summed E-state index contributed by atoms with van der Waals surface area (Å²) in [6.45, 7) is 7.41. The van der Waals surface area contributed by atoms with Crippen molar-refractivity contribution in [1.29, 1.82) is 0 Å². The van der Waals surface area contributed by atoms with Crippen molar-refractivity contribution in [2.45, 2.75) is 40.0 Å². The van der Waals surface area contributed by atoms with Crippen LogP contribution in [0.1, 0.15) is 40.0 Å². The second-order valence-electron chi connectivity index (χ2n) is 4.78. The first-order valence-corrected chi connectivity index (χ1v) is 8.29. The molecule has 0 amide bonds. The first-order chi connectivity index (χ1) is 7.31. The van der Waals surface area contributed by atoms with E-state index in [1.807, 2.05) is 6.92 Å². The molecule has 1 unspecified atom stereocenters. The van der Waals surface area contributed by atoms with Crippen LogP contribution in [0.15, 0.2) is 0 Å². The second-order valence-corrected chi connectivity index (χ2v) is 7.60. The molecule has 0 N–H and O–H groups in total. The summed E-state index contributed by atoms with van der Waals surface area (Å²) in [7, 11) is 1.75. The van der Waals surface area contributed by atoms with Crippen LogP contribution >= 0.6 is 10.7 Å². The predicted octanol–water partition coefficient (Wildman–Crippen LogP) is 3.03. The molecule has 0 saturated heterocycles. The Morgan fingerprint density at radius 3 is 2.31 bits per heavy atom. The zero-order valence-electron chi connectivity index (χ0n) is 10.4. The normalized spacial score (nSPS) is 14.3. The summed E-state index contributed by atoms with van der Waals surface area (Å²) in [6.07, 6.45) is 3.42. The van der Waals surface area contributed by atoms with Crippen LogP contribution in [0.5, 0.6) is 0 Å². The number of unbranched alkanes of at least 4 members (excludes halogenated alkanes) is 1. The van der Waals surface area contributed by atoms with Crippen LogP contribution in [0.25, 0.3) is 0 Å². The Kier molecular flexibility index (Phi) is 8.42. The molecule has 3 nitrogen and oxygen atoms in total. The summed E-state index contributed by atoms with van der Waals surface area (Å²) in [4.78, 5) is 0. The van der Waals surface area contributed by atoms with E-state index in [4.69, 9.17) is 15.4 Å². The van der Waals surface area contributed by atoms with Crippen molar-refractivity contribution in [3.05, 3.63) is 0 Å². The molecule has 0 spiro atoms. The Hall–Kier alpha value is 0.200. The van der Waals surface area contributed by atoms with E-state index >= 15 is 0 Å². The summed E-state index contributed by atoms with van der Waals surface area (Å²) in [5, 5.41) is 0. The number of hydrogen-bond acceptors (Lipinski definition) is 3. The quantitative estimate of drug-likeness (QED) is 0.478. The molecule has 0 aliphatic carbocycles. The Morgan fingerprint density at radius 1 is 1.19 bits per heavy atom. The van der Waals surface area contributed by atoms with Gasteiger partial charge in [0.1, 0.15) is 0 Å². The van der Waals surface area contributed by atoms with Crippen LogP contribution in [0, 0.1) is 11.8 Å². The Morgan fingerprint density at radius 2 is 1.81 bits per heavy atom. The van der Waals surface area contributed by atoms with Crippen LogP contribution in [-0.4, -0.2) is 27.4 Å². The van der Waals surface area contributed by atoms with E-state index < -0.39 is 9.05 Å². The lowest BCUT2D eigenvalue weighted by Gasteiger charge is -2.10. The van der Waals surface area contributed by atoms with Crippen LogP contribution < -0.4 is 0 Å². The standard InChI is InChI=1S/C11H23ClO3S/c1-10(2)6-4-5-7-15-8-11(3)9-16(12,13)14/h10-11H,4-9H2,1-3H3. The molecule has 0 bridgehead atoms. The second kappa shape index (κ2) is 8.31. The van der Waals surface area contributed by atoms with Crippen molar-refractivity contribution in [2.75, 3.05) is 19.0 Å². The van der Waals surface area contributed by atoms with Crippen LogP contribution in [0.2, 0.25) is 0 Å². The minimum Gasteiger partial charge on any atom is -0.381 e. The molecular weight excluding hydrogens is 248 g/mol. The average molecular weight is 271 g/mol. The SMILES string of the molecule is CC(C)CCCCOCC(C)CS(=O)(=O)Cl. The van der Waals surface area contributed by atoms with Gasteiger partial charge in [-0.05, 0) is 18.3 Å². The van der Waals surface area contributed by atoms with Crippen LogP contribution in [0.3, 0.4) is 0 Å². The highest BCUT2D eigenvalue weighted by Crippen LogP contribution is 2.08. The largest absolute Gasteiger partial charge is 0.381 e. The highest BCUT2D eigenvalue weighted by atomic mass is 35.7. The van der Waals surface area contributed by atoms with Crippen molar-refractivity contribution < 1.29 is 13.2 Å². The highest BCUT2D eigenvalue weighted by Gasteiger charge is 2.12. The first-order valence-electron chi connectivity index (χ1n) is 5.81. The van der Waals surface area contributed by atoms with Gasteiger partial charge in [-0.15, -0.1) is 0 Å². The summed E-state index contributed by atoms with van der Waals surface area (Å²) >= 11 is 0. The van der Waals surface area contributed by atoms with Gasteiger partial charge in [-0.3, -0.25) is 0 Å². The van der Waals surface area contributed by atoms with E-state index in [-0.39, 0.29) is 11.7 Å². The summed E-state index contributed by atoms with van der Waals surface area (Å²) in [5.74, 6) is 0.688. The fourth-order valence-electron chi connectivity index (χ4n) is 1.43. The molecule has 0 aromatic heterocycles. The van der Waals surface area contributed by atoms with E-state index in [0.29, 0.717) is 13.2 Å². The Balaban J connectivity index is 3.38. The zero-order valence-corrected chi connectivity index (χ0v) is 12.0. The van der Waals surface area contributed by atoms with Gasteiger partial charge in [-0.25, -0.2) is 8.42 Å². The van der Waals surface area contributed by atoms with Crippen molar-refractivity contribution in [1.82, 2.24) is 0 Å². The van der Waals surface area contributed by atoms with Crippen molar-refractivity contribution in [3.8, 4) is 0 Å². The number of rotatable bonds is 9. The molecule has 0 rings (SSSR count). The topological polar surface area (TPSA) is 43.4 Å². The van der Waals surface area contributed by atoms with Crippen molar-refractivity contribution in [3.63, 3.8) is 0 Å². The summed E-state index contributed by atoms with van der Waals surface area (Å²) in [5.41, 5.74) is 0. The molecule has 0 radical (unpaired) electrons. The lowest BCUT2D eigenvalue weighted by Crippen LogP contribution is -2.15. The van der Waals surface area contributed by atoms with E-state index in [1.54, 1.807) is 0 Å². The van der Waals surface area contributed by atoms with Gasteiger partial charge in [0.15, 0.2) is 0 Å². The maximum Gasteiger partial charge on any atom is 0.232 e. The fraction of sp³-hybridized carbons (Fsp3) is 1.00. The molecule has 98 valence electrons. The monoisotopic (exact) mass is 270 g/mol. The average Bonchev–Trinajstić information content (AvgIpc) is 2.07. The third kappa shape index (κ3) is 12.3. The number of hydrogen-bond donors (Lipinski definition) is 0. The van der Waals surface area contributed by atoms with Gasteiger partial charge >= 0.3 is 0 Å². The van der Waals surface area contributed by atoms with E-state index in [1.165, 1.54) is 12.8 Å². The summed E-state index contributed by atoms with van der Waals surface area (Å²) < 4.78 is 26.9. The van der Waals surface area contributed by atoms with E-state index in [0.717, 1.165) is 12.3 Å². The molecule has 0 heterocycles. The van der Waals surface area contributed by atoms with E-state index in [2.05, 4.69) is 13.8 Å². The fourth-order valence-corrected chi connectivity index (χ4v) is 2.85. The summed E-state index contributed by atoms with van der Waals surface area (Å²) in [6, 6.07) is 0. The zero-order chi connectivity index (χ0) is 12.6. The smallest absolute Gasteiger partial charge is 0.232 e. The third-order valence-corrected chi connectivity index (χ3v) is 3.55. The lowest BCUT2D eigenvalue weighted by molar-refractivity contribution is 0.106. The van der Waals surface area contributed by atoms with Gasteiger partial charge < -0.3 is 4.74 Å². The molecule has 5 heteroatoms. The maximum absolute atomic E-state index is 10.8. The lowest BCUT2D eigenvalue weighted by atomic mass is 10.1. The Bertz CT molecular complexity index is 262. The predicted molar refractivity (Wildman–Crippen MR) is 68.3 cm³/mol. The van der Waals surface area contributed by atoms with Crippen molar-refractivity contribution >= 4 is 19.7 Å². The molecule has 0 saturated carbocycles. The molecule has 0 fully saturated rings. The van der Waals surface area contributed by atoms with Crippen LogP contribution in [-0.2, 0) is 13.8 Å². The van der Waals surface area contributed by atoms with Gasteiger partial charge in [-0.2, -0.15) is 0 Å². The van der Waals surface area contributed by atoms with Gasteiger partial charge in [0.05, 0.1) is 12.4 Å². The molecule has 0 aromatic carbocycles. The van der Waals surface area contributed by atoms with Crippen LogP contribution in [0.4, 0.5) is 0 Å². The minimum atomic E-state index is -3.39. The van der Waals surface area contributed by atoms with Gasteiger partial charge in [0.25, 0.3) is 0 Å². The molecule has 1 atom stereocenters. The number of halogens is 1. The van der Waals surface area contributed by atoms with Gasteiger partial charge in [-0.1, -0.05) is 33.6 Å². The van der Waals surface area contributed by atoms with Gasteiger partial charge in [0, 0.05) is 17.3 Å². The van der Waals surface area contributed by atoms with Crippen molar-refractivity contribution in [2.24, 2.45) is 11.8 Å². The molecule has 0 aliphatic heterocycles. The molecule has 16 heavy (non-hydrogen) atoms. The molecule has 0 aromatic rings. The maximum atomic E-state index is 10.8. The molecule has 0 aliphatic rings. The minimum absolute atomic E-state index is 0.0133. The first kappa shape index (κ1) is 16.2. The highest BCUT2D eigenvalue weighted by molar-refractivity contribution is 8.13.